The van der Waals surface area contributed by atoms with Gasteiger partial charge in [-0.1, -0.05) is 65.8 Å². The first-order valence-electron chi connectivity index (χ1n) is 11.4. The van der Waals surface area contributed by atoms with Crippen molar-refractivity contribution < 1.29 is 9.32 Å². The van der Waals surface area contributed by atoms with Crippen LogP contribution in [0.15, 0.2) is 83.6 Å². The fraction of sp³-hybridized carbons (Fsp3) is 0.185. The third kappa shape index (κ3) is 3.65. The highest BCUT2D eigenvalue weighted by atomic mass is 16.5. The maximum absolute atomic E-state index is 13.9. The molecule has 0 aliphatic heterocycles. The lowest BCUT2D eigenvalue weighted by atomic mass is 10.0. The van der Waals surface area contributed by atoms with E-state index in [1.54, 1.807) is 6.20 Å². The summed E-state index contributed by atoms with van der Waals surface area (Å²) >= 11 is 0. The van der Waals surface area contributed by atoms with Crippen LogP contribution in [0.3, 0.4) is 0 Å². The standard InChI is InChI=1S/C27H23N5O2/c1-32-15-14-28-25(32)24(19-10-6-3-7-11-19)30-26(33)20-16-21(17-12-13-17)29-27-22(20)23(31-34-27)18-8-4-2-5-9-18/h2-11,14-17,24H,12-13H2,1H3,(H,30,33). The number of aryl methyl sites for hydroxylation is 1. The van der Waals surface area contributed by atoms with Crippen molar-refractivity contribution in [3.05, 3.63) is 102 Å². The number of pyridine rings is 1. The Kier molecular flexibility index (Phi) is 4.95. The lowest BCUT2D eigenvalue weighted by molar-refractivity contribution is 0.0942. The number of benzene rings is 2. The minimum atomic E-state index is -0.415. The Morgan fingerprint density at radius 2 is 1.82 bits per heavy atom. The normalized spacial score (nSPS) is 14.3. The van der Waals surface area contributed by atoms with Crippen LogP contribution in [0, 0.1) is 0 Å². The van der Waals surface area contributed by atoms with Crippen molar-refractivity contribution >= 4 is 17.0 Å². The first kappa shape index (κ1) is 20.4. The van der Waals surface area contributed by atoms with E-state index in [0.717, 1.165) is 35.5 Å². The second-order valence-electron chi connectivity index (χ2n) is 8.66. The zero-order chi connectivity index (χ0) is 23.1. The summed E-state index contributed by atoms with van der Waals surface area (Å²) < 4.78 is 7.56. The van der Waals surface area contributed by atoms with Crippen molar-refractivity contribution in [2.75, 3.05) is 0 Å². The van der Waals surface area contributed by atoms with Gasteiger partial charge in [-0.25, -0.2) is 9.97 Å². The van der Waals surface area contributed by atoms with Crippen LogP contribution in [0.5, 0.6) is 0 Å². The Bertz CT molecular complexity index is 1470. The second-order valence-corrected chi connectivity index (χ2v) is 8.66. The van der Waals surface area contributed by atoms with Crippen LogP contribution >= 0.6 is 0 Å². The molecule has 1 saturated carbocycles. The van der Waals surface area contributed by atoms with Gasteiger partial charge in [0.2, 0.25) is 0 Å². The van der Waals surface area contributed by atoms with Crippen molar-refractivity contribution in [3.8, 4) is 11.3 Å². The van der Waals surface area contributed by atoms with Gasteiger partial charge < -0.3 is 14.4 Å². The molecule has 34 heavy (non-hydrogen) atoms. The Morgan fingerprint density at radius 3 is 2.50 bits per heavy atom. The summed E-state index contributed by atoms with van der Waals surface area (Å²) in [4.78, 5) is 23.1. The number of nitrogens with zero attached hydrogens (tertiary/aromatic N) is 4. The molecule has 1 amide bonds. The Labute approximate surface area is 196 Å². The van der Waals surface area contributed by atoms with Crippen molar-refractivity contribution in [1.29, 1.82) is 0 Å². The van der Waals surface area contributed by atoms with Gasteiger partial charge >= 0.3 is 0 Å². The van der Waals surface area contributed by atoms with E-state index in [2.05, 4.69) is 15.5 Å². The average molecular weight is 450 g/mol. The molecule has 1 aliphatic rings. The maximum atomic E-state index is 13.9. The summed E-state index contributed by atoms with van der Waals surface area (Å²) in [5.74, 6) is 0.896. The van der Waals surface area contributed by atoms with E-state index in [0.29, 0.717) is 28.3 Å². The Balaban J connectivity index is 1.47. The van der Waals surface area contributed by atoms with Crippen LogP contribution in [0.25, 0.3) is 22.4 Å². The van der Waals surface area contributed by atoms with E-state index in [1.165, 1.54) is 0 Å². The number of fused-ring (bicyclic) bond motifs is 1. The Morgan fingerprint density at radius 1 is 1.09 bits per heavy atom. The molecule has 5 aromatic rings. The van der Waals surface area contributed by atoms with Crippen LogP contribution in [-0.2, 0) is 7.05 Å². The molecule has 3 aromatic heterocycles. The molecular weight excluding hydrogens is 426 g/mol. The van der Waals surface area contributed by atoms with Gasteiger partial charge in [-0.2, -0.15) is 0 Å². The SMILES string of the molecule is Cn1ccnc1C(NC(=O)c1cc(C2CC2)nc2onc(-c3ccccc3)c12)c1ccccc1. The summed E-state index contributed by atoms with van der Waals surface area (Å²) in [6, 6.07) is 21.1. The molecule has 1 N–H and O–H groups in total. The summed E-state index contributed by atoms with van der Waals surface area (Å²) in [7, 11) is 1.92. The number of rotatable bonds is 6. The fourth-order valence-electron chi connectivity index (χ4n) is 4.34. The third-order valence-corrected chi connectivity index (χ3v) is 6.28. The number of amides is 1. The smallest absolute Gasteiger partial charge is 0.259 e. The summed E-state index contributed by atoms with van der Waals surface area (Å²) in [6.07, 6.45) is 5.75. The van der Waals surface area contributed by atoms with Crippen molar-refractivity contribution in [2.45, 2.75) is 24.8 Å². The third-order valence-electron chi connectivity index (χ3n) is 6.28. The molecule has 0 radical (unpaired) electrons. The molecule has 3 heterocycles. The molecule has 1 unspecified atom stereocenters. The van der Waals surface area contributed by atoms with E-state index in [9.17, 15) is 4.79 Å². The molecule has 2 aromatic carbocycles. The van der Waals surface area contributed by atoms with Crippen LogP contribution in [0.4, 0.5) is 0 Å². The number of hydrogen-bond donors (Lipinski definition) is 1. The zero-order valence-corrected chi connectivity index (χ0v) is 18.7. The highest BCUT2D eigenvalue weighted by molar-refractivity contribution is 6.09. The highest BCUT2D eigenvalue weighted by Gasteiger charge is 2.30. The van der Waals surface area contributed by atoms with Gasteiger partial charge in [-0.3, -0.25) is 4.79 Å². The van der Waals surface area contributed by atoms with E-state index in [1.807, 2.05) is 84.5 Å². The van der Waals surface area contributed by atoms with Crippen LogP contribution in [-0.4, -0.2) is 25.6 Å². The molecule has 1 aliphatic carbocycles. The van der Waals surface area contributed by atoms with E-state index >= 15 is 0 Å². The van der Waals surface area contributed by atoms with Crippen molar-refractivity contribution in [3.63, 3.8) is 0 Å². The summed E-state index contributed by atoms with van der Waals surface area (Å²) in [6.45, 7) is 0. The van der Waals surface area contributed by atoms with Crippen LogP contribution in [0.2, 0.25) is 0 Å². The molecule has 0 saturated heterocycles. The number of carbonyl (C=O) groups excluding carboxylic acids is 1. The van der Waals surface area contributed by atoms with Gasteiger partial charge in [0.1, 0.15) is 17.6 Å². The van der Waals surface area contributed by atoms with Crippen LogP contribution in [0.1, 0.15) is 52.2 Å². The molecule has 7 nitrogen and oxygen atoms in total. The van der Waals surface area contributed by atoms with Gasteiger partial charge in [0, 0.05) is 36.6 Å². The topological polar surface area (TPSA) is 85.8 Å². The minimum Gasteiger partial charge on any atom is -0.338 e. The molecule has 7 heteroatoms. The van der Waals surface area contributed by atoms with E-state index in [4.69, 9.17) is 9.51 Å². The highest BCUT2D eigenvalue weighted by Crippen LogP contribution is 2.41. The van der Waals surface area contributed by atoms with Crippen molar-refractivity contribution in [2.24, 2.45) is 7.05 Å². The quantitative estimate of drug-likeness (QED) is 0.393. The monoisotopic (exact) mass is 449 g/mol. The lowest BCUT2D eigenvalue weighted by Crippen LogP contribution is -2.31. The van der Waals surface area contributed by atoms with Gasteiger partial charge in [-0.05, 0) is 24.5 Å². The minimum absolute atomic E-state index is 0.216. The number of imidazole rings is 1. The molecule has 0 spiro atoms. The van der Waals surface area contributed by atoms with Crippen molar-refractivity contribution in [1.82, 2.24) is 25.0 Å². The molecule has 168 valence electrons. The maximum Gasteiger partial charge on any atom is 0.259 e. The first-order chi connectivity index (χ1) is 16.7. The number of nitrogens with one attached hydrogen (secondary N) is 1. The number of hydrogen-bond acceptors (Lipinski definition) is 5. The zero-order valence-electron chi connectivity index (χ0n) is 18.7. The molecular formula is C27H23N5O2. The molecule has 0 bridgehead atoms. The summed E-state index contributed by atoms with van der Waals surface area (Å²) in [5.41, 5.74) is 4.22. The van der Waals surface area contributed by atoms with Gasteiger partial charge in [0.25, 0.3) is 11.6 Å². The van der Waals surface area contributed by atoms with E-state index in [-0.39, 0.29) is 5.91 Å². The number of aromatic nitrogens is 4. The van der Waals surface area contributed by atoms with Crippen LogP contribution < -0.4 is 5.32 Å². The molecule has 1 fully saturated rings. The first-order valence-corrected chi connectivity index (χ1v) is 11.4. The molecule has 6 rings (SSSR count). The molecule has 1 atom stereocenters. The van der Waals surface area contributed by atoms with Gasteiger partial charge in [-0.15, -0.1) is 0 Å². The predicted molar refractivity (Wildman–Crippen MR) is 128 cm³/mol. The lowest BCUT2D eigenvalue weighted by Gasteiger charge is -2.19. The average Bonchev–Trinajstić information content (AvgIpc) is 3.51. The number of carbonyl (C=O) groups is 1. The Hall–Kier alpha value is -4.26. The van der Waals surface area contributed by atoms with Gasteiger partial charge in [0.15, 0.2) is 0 Å². The summed E-state index contributed by atoms with van der Waals surface area (Å²) in [5, 5.41) is 8.14. The predicted octanol–water partition coefficient (Wildman–Crippen LogP) is 5.02. The fourth-order valence-corrected chi connectivity index (χ4v) is 4.34. The second kappa shape index (κ2) is 8.26. The van der Waals surface area contributed by atoms with E-state index < -0.39 is 6.04 Å². The largest absolute Gasteiger partial charge is 0.338 e. The van der Waals surface area contributed by atoms with Gasteiger partial charge in [0.05, 0.1) is 10.9 Å².